The summed E-state index contributed by atoms with van der Waals surface area (Å²) in [6.45, 7) is 2.93. The van der Waals surface area contributed by atoms with Gasteiger partial charge in [0.15, 0.2) is 0 Å². The average Bonchev–Trinajstić information content (AvgIpc) is 2.67. The summed E-state index contributed by atoms with van der Waals surface area (Å²) in [6, 6.07) is 12.2. The molecule has 0 saturated carbocycles. The number of nitrogens with zero attached hydrogens (tertiary/aromatic N) is 4. The second-order valence-electron chi connectivity index (χ2n) is 5.47. The van der Waals surface area contributed by atoms with Gasteiger partial charge in [-0.05, 0) is 19.1 Å². The normalized spacial score (nSPS) is 10.3. The van der Waals surface area contributed by atoms with Gasteiger partial charge in [-0.2, -0.15) is 4.98 Å². The Balaban J connectivity index is 1.88. The smallest absolute Gasteiger partial charge is 0.274 e. The van der Waals surface area contributed by atoms with Crippen LogP contribution in [0.25, 0.3) is 11.3 Å². The SMILES string of the molecule is CCNc1nc(NCc2ccccc2[N+](=O)[O-])cc(-c2ccncc2)n1. The first-order valence-electron chi connectivity index (χ1n) is 8.17. The van der Waals surface area contributed by atoms with Crippen LogP contribution in [0.5, 0.6) is 0 Å². The maximum Gasteiger partial charge on any atom is 0.274 e. The van der Waals surface area contributed by atoms with E-state index in [0.29, 0.717) is 23.9 Å². The van der Waals surface area contributed by atoms with E-state index in [1.807, 2.05) is 25.1 Å². The zero-order chi connectivity index (χ0) is 18.4. The molecule has 0 radical (unpaired) electrons. The summed E-state index contributed by atoms with van der Waals surface area (Å²) >= 11 is 0. The van der Waals surface area contributed by atoms with E-state index in [1.54, 1.807) is 30.6 Å². The molecule has 8 nitrogen and oxygen atoms in total. The fourth-order valence-corrected chi connectivity index (χ4v) is 2.47. The number of rotatable bonds is 7. The highest BCUT2D eigenvalue weighted by atomic mass is 16.6. The Bertz CT molecular complexity index is 901. The van der Waals surface area contributed by atoms with E-state index in [0.717, 1.165) is 11.3 Å². The first-order valence-corrected chi connectivity index (χ1v) is 8.17. The summed E-state index contributed by atoms with van der Waals surface area (Å²) in [4.78, 5) is 23.7. The number of aromatic nitrogens is 3. The summed E-state index contributed by atoms with van der Waals surface area (Å²) in [5, 5.41) is 17.4. The lowest BCUT2D eigenvalue weighted by Crippen LogP contribution is -2.08. The first kappa shape index (κ1) is 17.3. The standard InChI is InChI=1S/C18H18N6O2/c1-2-20-18-22-15(13-7-9-19-10-8-13)11-17(23-18)21-12-14-5-3-4-6-16(14)24(25)26/h3-11H,2,12H2,1H3,(H2,20,21,22,23). The highest BCUT2D eigenvalue weighted by Crippen LogP contribution is 2.23. The molecule has 0 atom stereocenters. The molecule has 3 rings (SSSR count). The van der Waals surface area contributed by atoms with Gasteiger partial charge in [-0.15, -0.1) is 0 Å². The third-order valence-electron chi connectivity index (χ3n) is 3.69. The van der Waals surface area contributed by atoms with Crippen LogP contribution in [0.1, 0.15) is 12.5 Å². The number of para-hydroxylation sites is 1. The number of pyridine rings is 1. The summed E-state index contributed by atoms with van der Waals surface area (Å²) < 4.78 is 0. The second-order valence-corrected chi connectivity index (χ2v) is 5.47. The number of hydrogen-bond acceptors (Lipinski definition) is 7. The van der Waals surface area contributed by atoms with Crippen LogP contribution in [0, 0.1) is 10.1 Å². The van der Waals surface area contributed by atoms with Crippen molar-refractivity contribution < 1.29 is 4.92 Å². The van der Waals surface area contributed by atoms with Crippen molar-refractivity contribution in [1.29, 1.82) is 0 Å². The fraction of sp³-hybridized carbons (Fsp3) is 0.167. The van der Waals surface area contributed by atoms with Crippen molar-refractivity contribution in [2.75, 3.05) is 17.2 Å². The molecule has 0 aliphatic heterocycles. The Kier molecular flexibility index (Phi) is 5.33. The number of benzene rings is 1. The molecule has 2 N–H and O–H groups in total. The summed E-state index contributed by atoms with van der Waals surface area (Å²) in [5.74, 6) is 1.08. The molecule has 0 amide bonds. The molecule has 26 heavy (non-hydrogen) atoms. The van der Waals surface area contributed by atoms with Crippen molar-refractivity contribution >= 4 is 17.5 Å². The average molecular weight is 350 g/mol. The Morgan fingerprint density at radius 2 is 1.85 bits per heavy atom. The van der Waals surface area contributed by atoms with Crippen LogP contribution in [0.15, 0.2) is 54.9 Å². The van der Waals surface area contributed by atoms with Crippen LogP contribution >= 0.6 is 0 Å². The number of nitrogens with one attached hydrogen (secondary N) is 2. The van der Waals surface area contributed by atoms with E-state index in [-0.39, 0.29) is 17.2 Å². The highest BCUT2D eigenvalue weighted by Gasteiger charge is 2.13. The van der Waals surface area contributed by atoms with Crippen molar-refractivity contribution in [2.45, 2.75) is 13.5 Å². The van der Waals surface area contributed by atoms with Gasteiger partial charge in [0.25, 0.3) is 5.69 Å². The fourth-order valence-electron chi connectivity index (χ4n) is 2.47. The predicted octanol–water partition coefficient (Wildman–Crippen LogP) is 3.49. The van der Waals surface area contributed by atoms with Gasteiger partial charge in [0.2, 0.25) is 5.95 Å². The van der Waals surface area contributed by atoms with Gasteiger partial charge in [-0.1, -0.05) is 18.2 Å². The van der Waals surface area contributed by atoms with Gasteiger partial charge in [0, 0.05) is 48.7 Å². The van der Waals surface area contributed by atoms with E-state index in [9.17, 15) is 10.1 Å². The molecule has 0 bridgehead atoms. The molecular formula is C18H18N6O2. The maximum absolute atomic E-state index is 11.1. The Hall–Kier alpha value is -3.55. The molecule has 0 unspecified atom stereocenters. The van der Waals surface area contributed by atoms with Crippen LogP contribution in [0.3, 0.4) is 0 Å². The van der Waals surface area contributed by atoms with E-state index in [4.69, 9.17) is 0 Å². The Labute approximate surface area is 150 Å². The molecule has 8 heteroatoms. The van der Waals surface area contributed by atoms with Gasteiger partial charge < -0.3 is 10.6 Å². The third-order valence-corrected chi connectivity index (χ3v) is 3.69. The third kappa shape index (κ3) is 4.10. The summed E-state index contributed by atoms with van der Waals surface area (Å²) in [7, 11) is 0. The van der Waals surface area contributed by atoms with Crippen LogP contribution in [-0.4, -0.2) is 26.4 Å². The lowest BCUT2D eigenvalue weighted by Gasteiger charge is -2.11. The predicted molar refractivity (Wildman–Crippen MR) is 99.8 cm³/mol. The zero-order valence-corrected chi connectivity index (χ0v) is 14.2. The lowest BCUT2D eigenvalue weighted by atomic mass is 10.1. The lowest BCUT2D eigenvalue weighted by molar-refractivity contribution is -0.385. The number of hydrogen-bond donors (Lipinski definition) is 2. The molecule has 132 valence electrons. The molecule has 0 aliphatic rings. The van der Waals surface area contributed by atoms with E-state index >= 15 is 0 Å². The van der Waals surface area contributed by atoms with Crippen LogP contribution in [-0.2, 0) is 6.54 Å². The number of nitro groups is 1. The molecular weight excluding hydrogens is 332 g/mol. The quantitative estimate of drug-likeness (QED) is 0.496. The summed E-state index contributed by atoms with van der Waals surface area (Å²) in [5.41, 5.74) is 2.32. The molecule has 1 aromatic carbocycles. The molecule has 0 spiro atoms. The van der Waals surface area contributed by atoms with Crippen LogP contribution < -0.4 is 10.6 Å². The monoisotopic (exact) mass is 350 g/mol. The second kappa shape index (κ2) is 8.02. The van der Waals surface area contributed by atoms with Crippen molar-refractivity contribution in [2.24, 2.45) is 0 Å². The largest absolute Gasteiger partial charge is 0.366 e. The maximum atomic E-state index is 11.1. The topological polar surface area (TPSA) is 106 Å². The van der Waals surface area contributed by atoms with Crippen molar-refractivity contribution in [3.63, 3.8) is 0 Å². The minimum Gasteiger partial charge on any atom is -0.366 e. The molecule has 0 fully saturated rings. The van der Waals surface area contributed by atoms with Gasteiger partial charge in [-0.25, -0.2) is 4.98 Å². The van der Waals surface area contributed by atoms with Gasteiger partial charge in [0.05, 0.1) is 10.6 Å². The zero-order valence-electron chi connectivity index (χ0n) is 14.2. The van der Waals surface area contributed by atoms with Crippen LogP contribution in [0.2, 0.25) is 0 Å². The minimum atomic E-state index is -0.385. The first-order chi connectivity index (χ1) is 12.7. The van der Waals surface area contributed by atoms with Crippen molar-refractivity contribution in [1.82, 2.24) is 15.0 Å². The molecule has 3 aromatic rings. The van der Waals surface area contributed by atoms with E-state index < -0.39 is 0 Å². The van der Waals surface area contributed by atoms with Gasteiger partial charge >= 0.3 is 0 Å². The van der Waals surface area contributed by atoms with E-state index in [1.165, 1.54) is 6.07 Å². The van der Waals surface area contributed by atoms with Crippen molar-refractivity contribution in [3.05, 3.63) is 70.5 Å². The Morgan fingerprint density at radius 1 is 1.08 bits per heavy atom. The van der Waals surface area contributed by atoms with E-state index in [2.05, 4.69) is 25.6 Å². The number of anilines is 2. The molecule has 2 heterocycles. The Morgan fingerprint density at radius 3 is 2.58 bits per heavy atom. The minimum absolute atomic E-state index is 0.0790. The van der Waals surface area contributed by atoms with Gasteiger partial charge in [0.1, 0.15) is 5.82 Å². The van der Waals surface area contributed by atoms with Gasteiger partial charge in [-0.3, -0.25) is 15.1 Å². The summed E-state index contributed by atoms with van der Waals surface area (Å²) in [6.07, 6.45) is 3.40. The van der Waals surface area contributed by atoms with Crippen LogP contribution in [0.4, 0.5) is 17.5 Å². The molecule has 0 saturated heterocycles. The van der Waals surface area contributed by atoms with Crippen molar-refractivity contribution in [3.8, 4) is 11.3 Å². The number of nitro benzene ring substituents is 1. The molecule has 2 aromatic heterocycles. The highest BCUT2D eigenvalue weighted by molar-refractivity contribution is 5.64. The molecule has 0 aliphatic carbocycles.